The molecule has 0 amide bonds. The number of aliphatic carboxylic acids is 1. The fraction of sp³-hybridized carbons (Fsp3) is 0.143. The van der Waals surface area contributed by atoms with Gasteiger partial charge in [0.25, 0.3) is 0 Å². The molecule has 0 bridgehead atoms. The van der Waals surface area contributed by atoms with Gasteiger partial charge in [-0.2, -0.15) is 18.3 Å². The number of rotatable bonds is 3. The maximum atomic E-state index is 13.2. The highest BCUT2D eigenvalue weighted by atomic mass is 19.4. The van der Waals surface area contributed by atoms with Crippen molar-refractivity contribution in [2.75, 3.05) is 0 Å². The molecule has 1 N–H and O–H groups in total. The second-order valence-electron chi connectivity index (χ2n) is 4.37. The lowest BCUT2D eigenvalue weighted by atomic mass is 10.2. The second kappa shape index (κ2) is 5.43. The summed E-state index contributed by atoms with van der Waals surface area (Å²) in [5.41, 5.74) is -0.256. The maximum Gasteiger partial charge on any atom is 0.434 e. The van der Waals surface area contributed by atoms with Crippen molar-refractivity contribution < 1.29 is 23.1 Å². The highest BCUT2D eigenvalue weighted by Crippen LogP contribution is 2.34. The number of benzene rings is 1. The quantitative estimate of drug-likeness (QED) is 0.884. The number of carboxylic acids is 1. The summed E-state index contributed by atoms with van der Waals surface area (Å²) in [4.78, 5) is 10.5. The summed E-state index contributed by atoms with van der Waals surface area (Å²) < 4.78 is 40.4. The third-order valence-corrected chi connectivity index (χ3v) is 2.72. The zero-order valence-electron chi connectivity index (χ0n) is 10.9. The average molecular weight is 296 g/mol. The first-order chi connectivity index (χ1) is 9.79. The number of hydrogen-bond acceptors (Lipinski definition) is 2. The molecule has 1 heterocycles. The Hall–Kier alpha value is -2.57. The molecule has 0 aliphatic heterocycles. The lowest BCUT2D eigenvalue weighted by molar-refractivity contribution is -0.143. The number of alkyl halides is 3. The van der Waals surface area contributed by atoms with E-state index in [4.69, 9.17) is 5.11 Å². The Balaban J connectivity index is 2.60. The predicted molar refractivity (Wildman–Crippen MR) is 70.0 cm³/mol. The van der Waals surface area contributed by atoms with Crippen LogP contribution in [0.5, 0.6) is 0 Å². The van der Waals surface area contributed by atoms with Crippen molar-refractivity contribution in [3.8, 4) is 5.69 Å². The first kappa shape index (κ1) is 14.8. The fourth-order valence-electron chi connectivity index (χ4n) is 1.88. The number of nitrogens with zero attached hydrogens (tertiary/aromatic N) is 2. The lowest BCUT2D eigenvalue weighted by Gasteiger charge is -2.12. The van der Waals surface area contributed by atoms with Crippen molar-refractivity contribution in [2.45, 2.75) is 13.1 Å². The van der Waals surface area contributed by atoms with Gasteiger partial charge in [-0.3, -0.25) is 0 Å². The zero-order chi connectivity index (χ0) is 15.6. The number of hydrogen-bond donors (Lipinski definition) is 1. The van der Waals surface area contributed by atoms with E-state index in [1.165, 1.54) is 6.07 Å². The topological polar surface area (TPSA) is 55.1 Å². The molecule has 0 unspecified atom stereocenters. The SMILES string of the molecule is Cc1cccc(-n2ncc(/C=C/C(=O)O)c2C(F)(F)F)c1. The zero-order valence-corrected chi connectivity index (χ0v) is 10.9. The standard InChI is InChI=1S/C14H11F3N2O2/c1-9-3-2-4-11(7-9)19-13(14(15,16)17)10(8-18-19)5-6-12(20)21/h2-8H,1H3,(H,20,21)/b6-5+. The van der Waals surface area contributed by atoms with E-state index in [1.54, 1.807) is 25.1 Å². The summed E-state index contributed by atoms with van der Waals surface area (Å²) in [5.74, 6) is -1.33. The van der Waals surface area contributed by atoms with E-state index < -0.39 is 17.8 Å². The Morgan fingerprint density at radius 1 is 1.38 bits per heavy atom. The summed E-state index contributed by atoms with van der Waals surface area (Å²) in [6.07, 6.45) is -2.14. The van der Waals surface area contributed by atoms with E-state index in [9.17, 15) is 18.0 Å². The molecule has 110 valence electrons. The van der Waals surface area contributed by atoms with Gasteiger partial charge in [-0.15, -0.1) is 0 Å². The van der Waals surface area contributed by atoms with E-state index in [0.29, 0.717) is 6.08 Å². The van der Waals surface area contributed by atoms with Crippen LogP contribution in [0.15, 0.2) is 36.5 Å². The minimum atomic E-state index is -4.65. The second-order valence-corrected chi connectivity index (χ2v) is 4.37. The lowest BCUT2D eigenvalue weighted by Crippen LogP contribution is -2.14. The summed E-state index contributed by atoms with van der Waals surface area (Å²) in [6, 6.07) is 6.44. The Labute approximate surface area is 118 Å². The van der Waals surface area contributed by atoms with Crippen molar-refractivity contribution in [1.82, 2.24) is 9.78 Å². The summed E-state index contributed by atoms with van der Waals surface area (Å²) in [6.45, 7) is 1.76. The molecule has 0 radical (unpaired) electrons. The Morgan fingerprint density at radius 2 is 2.10 bits per heavy atom. The van der Waals surface area contributed by atoms with E-state index >= 15 is 0 Å². The average Bonchev–Trinajstić information content (AvgIpc) is 2.80. The molecule has 21 heavy (non-hydrogen) atoms. The van der Waals surface area contributed by atoms with Crippen LogP contribution in [-0.2, 0) is 11.0 Å². The molecule has 0 saturated carbocycles. The van der Waals surface area contributed by atoms with Crippen molar-refractivity contribution >= 4 is 12.0 Å². The first-order valence-corrected chi connectivity index (χ1v) is 5.92. The van der Waals surface area contributed by atoms with Crippen molar-refractivity contribution in [3.05, 3.63) is 53.4 Å². The maximum absolute atomic E-state index is 13.2. The number of halogens is 3. The molecule has 0 atom stereocenters. The third kappa shape index (κ3) is 3.31. The molecule has 4 nitrogen and oxygen atoms in total. The molecule has 0 fully saturated rings. The summed E-state index contributed by atoms with van der Waals surface area (Å²) in [7, 11) is 0. The van der Waals surface area contributed by atoms with Gasteiger partial charge in [0.1, 0.15) is 0 Å². The Bertz CT molecular complexity index is 702. The number of aromatic nitrogens is 2. The van der Waals surface area contributed by atoms with Crippen LogP contribution in [0.25, 0.3) is 11.8 Å². The van der Waals surface area contributed by atoms with Gasteiger partial charge >= 0.3 is 12.1 Å². The molecule has 2 rings (SSSR count). The fourth-order valence-corrected chi connectivity index (χ4v) is 1.88. The van der Waals surface area contributed by atoms with Crippen LogP contribution in [0, 0.1) is 6.92 Å². The van der Waals surface area contributed by atoms with Crippen molar-refractivity contribution in [3.63, 3.8) is 0 Å². The van der Waals surface area contributed by atoms with Crippen molar-refractivity contribution in [2.24, 2.45) is 0 Å². The van der Waals surface area contributed by atoms with Crippen LogP contribution in [0.4, 0.5) is 13.2 Å². The van der Waals surface area contributed by atoms with E-state index in [0.717, 1.165) is 22.5 Å². The van der Waals surface area contributed by atoms with Gasteiger partial charge in [-0.1, -0.05) is 12.1 Å². The van der Waals surface area contributed by atoms with Crippen LogP contribution in [0.2, 0.25) is 0 Å². The van der Waals surface area contributed by atoms with Gasteiger partial charge in [0, 0.05) is 11.6 Å². The number of aryl methyl sites for hydroxylation is 1. The molecule has 1 aromatic carbocycles. The van der Waals surface area contributed by atoms with Crippen LogP contribution in [0.3, 0.4) is 0 Å². The molecule has 0 aliphatic rings. The van der Waals surface area contributed by atoms with E-state index in [1.807, 2.05) is 0 Å². The van der Waals surface area contributed by atoms with Crippen LogP contribution < -0.4 is 0 Å². The molecule has 0 saturated heterocycles. The largest absolute Gasteiger partial charge is 0.478 e. The van der Waals surface area contributed by atoms with Gasteiger partial charge in [0.15, 0.2) is 5.69 Å². The minimum Gasteiger partial charge on any atom is -0.478 e. The first-order valence-electron chi connectivity index (χ1n) is 5.92. The monoisotopic (exact) mass is 296 g/mol. The highest BCUT2D eigenvalue weighted by molar-refractivity contribution is 5.85. The molecule has 1 aromatic heterocycles. The molecule has 0 aliphatic carbocycles. The van der Waals surface area contributed by atoms with Gasteiger partial charge < -0.3 is 5.11 Å². The van der Waals surface area contributed by atoms with E-state index in [2.05, 4.69) is 5.10 Å². The number of carbonyl (C=O) groups is 1. The van der Waals surface area contributed by atoms with Gasteiger partial charge in [0.2, 0.25) is 0 Å². The van der Waals surface area contributed by atoms with Gasteiger partial charge in [-0.25, -0.2) is 9.48 Å². The molecular formula is C14H11F3N2O2. The molecular weight excluding hydrogens is 285 g/mol. The highest BCUT2D eigenvalue weighted by Gasteiger charge is 2.38. The van der Waals surface area contributed by atoms with E-state index in [-0.39, 0.29) is 11.3 Å². The van der Waals surface area contributed by atoms with Gasteiger partial charge in [-0.05, 0) is 30.7 Å². The van der Waals surface area contributed by atoms with Crippen LogP contribution >= 0.6 is 0 Å². The molecule has 2 aromatic rings. The van der Waals surface area contributed by atoms with Crippen LogP contribution in [0.1, 0.15) is 16.8 Å². The minimum absolute atomic E-state index is 0.261. The summed E-state index contributed by atoms with van der Waals surface area (Å²) in [5, 5.41) is 12.3. The third-order valence-electron chi connectivity index (χ3n) is 2.72. The molecule has 7 heteroatoms. The Kier molecular flexibility index (Phi) is 3.84. The normalized spacial score (nSPS) is 12.0. The predicted octanol–water partition coefficient (Wildman–Crippen LogP) is 3.30. The van der Waals surface area contributed by atoms with Gasteiger partial charge in [0.05, 0.1) is 11.9 Å². The molecule has 0 spiro atoms. The smallest absolute Gasteiger partial charge is 0.434 e. The van der Waals surface area contributed by atoms with Crippen molar-refractivity contribution in [1.29, 1.82) is 0 Å². The van der Waals surface area contributed by atoms with Crippen LogP contribution in [-0.4, -0.2) is 20.9 Å². The number of carboxylic acid groups (broad SMARTS) is 1. The summed E-state index contributed by atoms with van der Waals surface area (Å²) >= 11 is 0. The Morgan fingerprint density at radius 3 is 2.67 bits per heavy atom.